The molecule has 0 aliphatic heterocycles. The Labute approximate surface area is 169 Å². The van der Waals surface area contributed by atoms with Crippen molar-refractivity contribution in [3.8, 4) is 11.3 Å². The fourth-order valence-electron chi connectivity index (χ4n) is 2.70. The van der Waals surface area contributed by atoms with Gasteiger partial charge in [0.05, 0.1) is 5.97 Å². The zero-order valence-electron chi connectivity index (χ0n) is 15.2. The molecule has 7 heteroatoms. The lowest BCUT2D eigenvalue weighted by Gasteiger charge is -2.04. The number of carboxylic acids is 1. The average Bonchev–Trinajstić information content (AvgIpc) is 3.34. The minimum Gasteiger partial charge on any atom is -0.544 e. The first-order chi connectivity index (χ1) is 14.0. The highest BCUT2D eigenvalue weighted by atomic mass is 32.2. The maximum Gasteiger partial charge on any atom is 0.261 e. The molecule has 4 aromatic rings. The molecule has 0 unspecified atom stereocenters. The summed E-state index contributed by atoms with van der Waals surface area (Å²) in [5, 5.41) is 11.8. The highest BCUT2D eigenvalue weighted by Crippen LogP contribution is 2.31. The first kappa shape index (κ1) is 18.8. The van der Waals surface area contributed by atoms with Gasteiger partial charge in [-0.2, -0.15) is 0 Å². The summed E-state index contributed by atoms with van der Waals surface area (Å²) in [5.41, 5.74) is 2.59. The van der Waals surface area contributed by atoms with E-state index in [4.69, 9.17) is 8.83 Å². The molecule has 0 amide bonds. The molecule has 0 N–H and O–H groups in total. The van der Waals surface area contributed by atoms with E-state index in [-0.39, 0.29) is 15.9 Å². The van der Waals surface area contributed by atoms with Crippen LogP contribution in [0.4, 0.5) is 0 Å². The van der Waals surface area contributed by atoms with Crippen LogP contribution in [-0.4, -0.2) is 16.7 Å². The van der Waals surface area contributed by atoms with E-state index < -0.39 is 5.97 Å². The van der Waals surface area contributed by atoms with Crippen LogP contribution in [0, 0.1) is 0 Å². The van der Waals surface area contributed by atoms with Crippen molar-refractivity contribution in [1.29, 1.82) is 0 Å². The molecular formula is C22H14NO5S-. The van der Waals surface area contributed by atoms with E-state index in [0.29, 0.717) is 28.2 Å². The number of rotatable bonds is 6. The predicted octanol–water partition coefficient (Wildman–Crippen LogP) is 4.17. The summed E-state index contributed by atoms with van der Waals surface area (Å²) in [6, 6.07) is 17.5. The first-order valence-corrected chi connectivity index (χ1v) is 9.49. The molecular weight excluding hydrogens is 390 g/mol. The summed E-state index contributed by atoms with van der Waals surface area (Å²) in [5.74, 6) is -0.482. The van der Waals surface area contributed by atoms with Gasteiger partial charge in [-0.25, -0.2) is 4.98 Å². The molecule has 0 atom stereocenters. The molecule has 2 heterocycles. The Kier molecular flexibility index (Phi) is 5.05. The molecule has 0 aliphatic rings. The van der Waals surface area contributed by atoms with E-state index in [2.05, 4.69) is 4.98 Å². The third-order valence-corrected chi connectivity index (χ3v) is 5.00. The van der Waals surface area contributed by atoms with Gasteiger partial charge >= 0.3 is 0 Å². The monoisotopic (exact) mass is 404 g/mol. The second kappa shape index (κ2) is 7.81. The second-order valence-corrected chi connectivity index (χ2v) is 7.17. The number of hydrogen-bond acceptors (Lipinski definition) is 7. The van der Waals surface area contributed by atoms with Crippen molar-refractivity contribution in [3.05, 3.63) is 76.9 Å². The molecule has 6 nitrogen and oxygen atoms in total. The number of hydrogen-bond donors (Lipinski definition) is 0. The molecule has 0 saturated heterocycles. The third kappa shape index (κ3) is 4.14. The lowest BCUT2D eigenvalue weighted by molar-refractivity contribution is -0.298. The molecule has 29 heavy (non-hydrogen) atoms. The molecule has 2 aromatic heterocycles. The number of carbonyl (C=O) groups is 2. The molecule has 144 valence electrons. The van der Waals surface area contributed by atoms with Crippen LogP contribution in [-0.2, 0) is 4.79 Å². The van der Waals surface area contributed by atoms with E-state index in [0.717, 1.165) is 17.3 Å². The van der Waals surface area contributed by atoms with Crippen LogP contribution >= 0.6 is 11.8 Å². The topological polar surface area (TPSA) is 96.4 Å². The lowest BCUT2D eigenvalue weighted by Crippen LogP contribution is -2.22. The molecule has 2 aromatic carbocycles. The molecule has 0 fully saturated rings. The fraction of sp³-hybridized carbons (Fsp3) is 0.0455. The molecule has 0 aliphatic carbocycles. The van der Waals surface area contributed by atoms with Crippen LogP contribution in [0.5, 0.6) is 0 Å². The van der Waals surface area contributed by atoms with E-state index >= 15 is 0 Å². The van der Waals surface area contributed by atoms with Gasteiger partial charge in [-0.15, -0.1) is 0 Å². The number of Topliss-reactive ketones (excluding diaryl/α,β-unsaturated/α-hetero) is 1. The van der Waals surface area contributed by atoms with Gasteiger partial charge in [-0.1, -0.05) is 36.4 Å². The van der Waals surface area contributed by atoms with Gasteiger partial charge in [0.25, 0.3) is 5.22 Å². The first-order valence-electron chi connectivity index (χ1n) is 8.67. The number of nitrogens with zero attached hydrogens (tertiary/aromatic N) is 1. The van der Waals surface area contributed by atoms with Gasteiger partial charge in [-0.3, -0.25) is 4.79 Å². The Morgan fingerprint density at radius 3 is 2.45 bits per heavy atom. The van der Waals surface area contributed by atoms with Gasteiger partial charge in [0.1, 0.15) is 17.0 Å². The number of aromatic nitrogens is 1. The molecule has 0 spiro atoms. The molecule has 4 rings (SSSR count). The Morgan fingerprint density at radius 1 is 1.00 bits per heavy atom. The highest BCUT2D eigenvalue weighted by Gasteiger charge is 2.12. The number of carboxylic acid groups (broad SMARTS) is 1. The van der Waals surface area contributed by atoms with Crippen LogP contribution in [0.2, 0.25) is 0 Å². The smallest absolute Gasteiger partial charge is 0.261 e. The van der Waals surface area contributed by atoms with Gasteiger partial charge < -0.3 is 18.7 Å². The van der Waals surface area contributed by atoms with Crippen molar-refractivity contribution < 1.29 is 23.5 Å². The van der Waals surface area contributed by atoms with Crippen LogP contribution in [0.1, 0.15) is 23.0 Å². The lowest BCUT2D eigenvalue weighted by atomic mass is 10.1. The zero-order valence-corrected chi connectivity index (χ0v) is 16.1. The highest BCUT2D eigenvalue weighted by molar-refractivity contribution is 8.03. The van der Waals surface area contributed by atoms with Crippen molar-refractivity contribution in [3.63, 3.8) is 0 Å². The third-order valence-electron chi connectivity index (χ3n) is 4.15. The Balaban J connectivity index is 1.59. The minimum atomic E-state index is -1.36. The van der Waals surface area contributed by atoms with E-state index in [1.54, 1.807) is 48.5 Å². The van der Waals surface area contributed by atoms with Gasteiger partial charge in [0.2, 0.25) is 0 Å². The summed E-state index contributed by atoms with van der Waals surface area (Å²) in [6.45, 7) is 1.50. The Hall–Kier alpha value is -3.58. The molecule has 0 radical (unpaired) electrons. The number of carbonyl (C=O) groups excluding carboxylic acids is 2. The largest absolute Gasteiger partial charge is 0.544 e. The van der Waals surface area contributed by atoms with Crippen molar-refractivity contribution >= 4 is 40.7 Å². The van der Waals surface area contributed by atoms with Gasteiger partial charge in [-0.05, 0) is 49.0 Å². The van der Waals surface area contributed by atoms with E-state index in [9.17, 15) is 14.7 Å². The number of aliphatic carboxylic acids is 1. The van der Waals surface area contributed by atoms with Crippen LogP contribution in [0.3, 0.4) is 0 Å². The van der Waals surface area contributed by atoms with Crippen molar-refractivity contribution in [2.24, 2.45) is 0 Å². The number of para-hydroxylation sites is 2. The van der Waals surface area contributed by atoms with Crippen molar-refractivity contribution in [2.75, 3.05) is 0 Å². The number of furan rings is 1. The summed E-state index contributed by atoms with van der Waals surface area (Å²) >= 11 is 0.851. The van der Waals surface area contributed by atoms with E-state index in [1.165, 1.54) is 13.0 Å². The van der Waals surface area contributed by atoms with Crippen LogP contribution in [0.25, 0.3) is 28.5 Å². The number of thioether (sulfide) groups is 1. The maximum absolute atomic E-state index is 11.6. The fourth-order valence-corrected chi connectivity index (χ4v) is 3.42. The summed E-state index contributed by atoms with van der Waals surface area (Å²) in [4.78, 5) is 27.1. The second-order valence-electron chi connectivity index (χ2n) is 6.18. The van der Waals surface area contributed by atoms with Crippen molar-refractivity contribution in [2.45, 2.75) is 12.1 Å². The summed E-state index contributed by atoms with van der Waals surface area (Å²) in [7, 11) is 0. The normalized spacial score (nSPS) is 11.7. The molecule has 0 saturated carbocycles. The van der Waals surface area contributed by atoms with Crippen LogP contribution in [0.15, 0.2) is 79.6 Å². The van der Waals surface area contributed by atoms with Gasteiger partial charge in [0, 0.05) is 16.0 Å². The summed E-state index contributed by atoms with van der Waals surface area (Å²) < 4.78 is 11.3. The summed E-state index contributed by atoms with van der Waals surface area (Å²) in [6.07, 6.45) is 1.36. The quantitative estimate of drug-likeness (QED) is 0.270. The Bertz CT molecular complexity index is 1200. The number of ketones is 1. The predicted molar refractivity (Wildman–Crippen MR) is 107 cm³/mol. The maximum atomic E-state index is 11.6. The number of fused-ring (bicyclic) bond motifs is 1. The number of oxazole rings is 1. The van der Waals surface area contributed by atoms with Crippen LogP contribution < -0.4 is 5.11 Å². The minimum absolute atomic E-state index is 0.0190. The standard InChI is InChI=1S/C22H15NO5S/c1-13(24)14-6-8-15(9-7-14)18-11-10-16(27-18)12-20(21(25)26)29-22-23-17-4-2-3-5-19(17)28-22/h2-12H,1H3,(H,25,26)/p-1/b20-12+. The van der Waals surface area contributed by atoms with E-state index in [1.807, 2.05) is 12.1 Å². The number of benzene rings is 2. The Morgan fingerprint density at radius 2 is 1.76 bits per heavy atom. The average molecular weight is 404 g/mol. The van der Waals surface area contributed by atoms with Gasteiger partial charge in [0.15, 0.2) is 11.4 Å². The molecule has 0 bridgehead atoms. The zero-order chi connectivity index (χ0) is 20.4. The van der Waals surface area contributed by atoms with Crippen molar-refractivity contribution in [1.82, 2.24) is 4.98 Å². The SMILES string of the molecule is CC(=O)c1ccc(-c2ccc(/C=C(/Sc3nc4ccccc4o3)C(=O)[O-])o2)cc1.